The van der Waals surface area contributed by atoms with E-state index < -0.39 is 58.6 Å². The van der Waals surface area contributed by atoms with E-state index in [0.717, 1.165) is 28.4 Å². The second-order valence-corrected chi connectivity index (χ2v) is 10.5. The van der Waals surface area contributed by atoms with Crippen molar-refractivity contribution in [2.75, 3.05) is 5.75 Å². The fraction of sp³-hybridized carbons (Fsp3) is 0.316. The number of aromatic nitrogens is 4. The Hall–Kier alpha value is 0.323. The summed E-state index contributed by atoms with van der Waals surface area (Å²) in [6.07, 6.45) is -2.14. The molecule has 37 heavy (non-hydrogen) atoms. The van der Waals surface area contributed by atoms with Crippen LogP contribution >= 0.6 is 39.5 Å². The number of carbonyl (C=O) groups excluding carboxylic acids is 4. The number of aliphatic hydroxyl groups excluding tert-OH is 1. The molecule has 4 atom stereocenters. The number of nitrogens with zero attached hydrogens (tertiary/aromatic N) is 4. The SMILES string of the molecule is O=C([O-])CC(Sc1nn[nH]n1)C1=C(C(=O)[O-])N2C(=O)C(NC(=O)C(O)c3ccccc3Br)[C@@H]2SC1.[K+].[K+]. The molecule has 184 valence electrons. The monoisotopic (exact) mass is 660 g/mol. The zero-order valence-electron chi connectivity index (χ0n) is 19.4. The molecule has 2 amide bonds. The molecule has 13 nitrogen and oxygen atoms in total. The number of tetrazole rings is 1. The second kappa shape index (κ2) is 14.8. The Balaban J connectivity index is 0.00000241. The van der Waals surface area contributed by atoms with Crippen LogP contribution in [0.1, 0.15) is 18.1 Å². The summed E-state index contributed by atoms with van der Waals surface area (Å²) in [7, 11) is 0. The predicted octanol–water partition coefficient (Wildman–Crippen LogP) is -8.29. The summed E-state index contributed by atoms with van der Waals surface area (Å²) in [5.41, 5.74) is -0.0550. The van der Waals surface area contributed by atoms with E-state index in [1.807, 2.05) is 0 Å². The standard InChI is InChI=1S/C19H17BrN6O7S2.2K/c20-9-4-2-1-3-7(9)14(29)15(30)21-12-16(31)26-13(18(32)33)8(6-34-17(12)26)10(5-11(27)28)35-19-22-24-25-23-19;;/h1-4,10,12,14,17,29H,5-6H2,(H,21,30)(H,27,28)(H,32,33)(H,22,23,24,25);;/q;2*+1/p-2/t10?,12?,14?,17-;;/m0../s1. The summed E-state index contributed by atoms with van der Waals surface area (Å²) in [6.45, 7) is 0. The Morgan fingerprint density at radius 2 is 2.00 bits per heavy atom. The number of H-pyrrole nitrogens is 1. The molecule has 18 heteroatoms. The quantitative estimate of drug-likeness (QED) is 0.130. The van der Waals surface area contributed by atoms with Crippen molar-refractivity contribution < 1.29 is 137 Å². The first kappa shape index (κ1) is 33.5. The first-order valence-electron chi connectivity index (χ1n) is 9.91. The minimum Gasteiger partial charge on any atom is -0.550 e. The molecule has 2 aliphatic rings. The zero-order chi connectivity index (χ0) is 25.3. The zero-order valence-corrected chi connectivity index (χ0v) is 28.9. The first-order valence-corrected chi connectivity index (χ1v) is 12.6. The molecule has 0 radical (unpaired) electrons. The summed E-state index contributed by atoms with van der Waals surface area (Å²) in [5, 5.41) is 47.6. The van der Waals surface area contributed by atoms with Crippen LogP contribution in [0.25, 0.3) is 0 Å². The van der Waals surface area contributed by atoms with E-state index in [9.17, 15) is 34.5 Å². The molecule has 0 bridgehead atoms. The number of aliphatic carboxylic acids is 2. The molecule has 2 aromatic rings. The molecule has 3 N–H and O–H groups in total. The number of carbonyl (C=O) groups is 4. The molecular weight excluding hydrogens is 646 g/mol. The molecule has 1 aromatic carbocycles. The van der Waals surface area contributed by atoms with E-state index in [0.29, 0.717) is 10.0 Å². The first-order chi connectivity index (χ1) is 16.7. The predicted molar refractivity (Wildman–Crippen MR) is 120 cm³/mol. The van der Waals surface area contributed by atoms with Gasteiger partial charge in [0.1, 0.15) is 11.4 Å². The Morgan fingerprint density at radius 3 is 2.59 bits per heavy atom. The number of halogens is 1. The number of aromatic amines is 1. The maximum absolute atomic E-state index is 12.9. The van der Waals surface area contributed by atoms with Gasteiger partial charge in [-0.25, -0.2) is 0 Å². The van der Waals surface area contributed by atoms with E-state index in [2.05, 4.69) is 41.9 Å². The Kier molecular flexibility index (Phi) is 13.4. The fourth-order valence-corrected chi connectivity index (χ4v) is 6.69. The van der Waals surface area contributed by atoms with E-state index >= 15 is 0 Å². The van der Waals surface area contributed by atoms with Crippen LogP contribution < -0.4 is 118 Å². The number of aliphatic hydroxyl groups is 1. The fourth-order valence-electron chi connectivity index (χ4n) is 3.67. The summed E-state index contributed by atoms with van der Waals surface area (Å²) in [4.78, 5) is 49.8. The van der Waals surface area contributed by atoms with Crippen molar-refractivity contribution in [2.24, 2.45) is 0 Å². The third kappa shape index (κ3) is 7.54. The van der Waals surface area contributed by atoms with E-state index in [-0.39, 0.29) is 119 Å². The average molecular weight is 662 g/mol. The second-order valence-electron chi connectivity index (χ2n) is 7.36. The maximum Gasteiger partial charge on any atom is 1.00 e. The number of benzene rings is 1. The number of rotatable bonds is 9. The maximum atomic E-state index is 12.9. The number of nitrogens with one attached hydrogen (secondary N) is 2. The molecule has 2 aliphatic heterocycles. The number of hydrogen-bond donors (Lipinski definition) is 3. The van der Waals surface area contributed by atoms with Crippen molar-refractivity contribution in [1.82, 2.24) is 30.8 Å². The number of fused-ring (bicyclic) bond motifs is 1. The molecule has 0 aliphatic carbocycles. The Labute approximate surface area is 311 Å². The van der Waals surface area contributed by atoms with Gasteiger partial charge in [0.2, 0.25) is 5.16 Å². The summed E-state index contributed by atoms with van der Waals surface area (Å²) in [5.74, 6) is -4.65. The summed E-state index contributed by atoms with van der Waals surface area (Å²) < 4.78 is 0.501. The summed E-state index contributed by atoms with van der Waals surface area (Å²) in [6, 6.07) is 5.44. The molecule has 3 heterocycles. The molecule has 3 unspecified atom stereocenters. The third-order valence-electron chi connectivity index (χ3n) is 5.25. The van der Waals surface area contributed by atoms with Gasteiger partial charge in [-0.15, -0.1) is 22.0 Å². The van der Waals surface area contributed by atoms with Crippen LogP contribution in [0, 0.1) is 0 Å². The molecule has 1 saturated heterocycles. The van der Waals surface area contributed by atoms with Crippen LogP contribution in [0.5, 0.6) is 0 Å². The Bertz CT molecular complexity index is 1220. The number of amides is 2. The van der Waals surface area contributed by atoms with Gasteiger partial charge in [-0.3, -0.25) is 14.5 Å². The normalized spacial score (nSPS) is 19.9. The van der Waals surface area contributed by atoms with Gasteiger partial charge in [0.05, 0.1) is 11.7 Å². The number of thioether (sulfide) groups is 2. The van der Waals surface area contributed by atoms with Crippen LogP contribution in [-0.2, 0) is 19.2 Å². The van der Waals surface area contributed by atoms with E-state index in [1.165, 1.54) is 0 Å². The molecule has 1 aromatic heterocycles. The minimum absolute atomic E-state index is 0. The van der Waals surface area contributed by atoms with Crippen molar-refractivity contribution >= 4 is 63.2 Å². The van der Waals surface area contributed by atoms with Crippen molar-refractivity contribution in [3.8, 4) is 0 Å². The van der Waals surface area contributed by atoms with Gasteiger partial charge in [-0.2, -0.15) is 5.21 Å². The number of carboxylic acid groups (broad SMARTS) is 2. The summed E-state index contributed by atoms with van der Waals surface area (Å²) >= 11 is 5.24. The average Bonchev–Trinajstić information content (AvgIpc) is 3.33. The van der Waals surface area contributed by atoms with Gasteiger partial charge in [-0.1, -0.05) is 45.9 Å². The van der Waals surface area contributed by atoms with Crippen LogP contribution in [0.15, 0.2) is 45.2 Å². The third-order valence-corrected chi connectivity index (χ3v) is 8.40. The van der Waals surface area contributed by atoms with Crippen LogP contribution in [0.4, 0.5) is 0 Å². The smallest absolute Gasteiger partial charge is 0.550 e. The van der Waals surface area contributed by atoms with E-state index in [4.69, 9.17) is 0 Å². The number of carboxylic acids is 2. The van der Waals surface area contributed by atoms with Crippen molar-refractivity contribution in [3.63, 3.8) is 0 Å². The van der Waals surface area contributed by atoms with Crippen LogP contribution in [-0.4, -0.2) is 76.8 Å². The van der Waals surface area contributed by atoms with Gasteiger partial charge in [-0.05, 0) is 16.9 Å². The van der Waals surface area contributed by atoms with Crippen molar-refractivity contribution in [2.45, 2.75) is 34.3 Å². The van der Waals surface area contributed by atoms with Gasteiger partial charge in [0, 0.05) is 33.4 Å². The van der Waals surface area contributed by atoms with Crippen molar-refractivity contribution in [1.29, 1.82) is 0 Å². The molecule has 0 spiro atoms. The van der Waals surface area contributed by atoms with Gasteiger partial charge >= 0.3 is 103 Å². The van der Waals surface area contributed by atoms with Crippen LogP contribution in [0.3, 0.4) is 0 Å². The molecule has 0 saturated carbocycles. The number of β-lactam (4-membered cyclic amide) rings is 1. The Morgan fingerprint density at radius 1 is 1.30 bits per heavy atom. The largest absolute Gasteiger partial charge is 1.00 e. The van der Waals surface area contributed by atoms with Crippen LogP contribution in [0.2, 0.25) is 0 Å². The van der Waals surface area contributed by atoms with Gasteiger partial charge in [0.15, 0.2) is 6.10 Å². The van der Waals surface area contributed by atoms with Gasteiger partial charge < -0.3 is 30.2 Å². The topological polar surface area (TPSA) is 204 Å². The van der Waals surface area contributed by atoms with E-state index in [1.54, 1.807) is 24.3 Å². The molecule has 1 fully saturated rings. The van der Waals surface area contributed by atoms with Gasteiger partial charge in [0.25, 0.3) is 11.8 Å². The molecule has 4 rings (SSSR count). The number of hydrogen-bond acceptors (Lipinski definition) is 12. The minimum atomic E-state index is -1.67. The van der Waals surface area contributed by atoms with Crippen molar-refractivity contribution in [3.05, 3.63) is 45.6 Å². The molecular formula is C19H15BrK2N6O7S2.